The lowest BCUT2D eigenvalue weighted by Crippen LogP contribution is -2.23. The van der Waals surface area contributed by atoms with E-state index in [2.05, 4.69) is 27.3 Å². The fourth-order valence-electron chi connectivity index (χ4n) is 2.86. The van der Waals surface area contributed by atoms with Gasteiger partial charge in [0.05, 0.1) is 4.92 Å². The van der Waals surface area contributed by atoms with Crippen molar-refractivity contribution >= 4 is 22.9 Å². The molecule has 1 fully saturated rings. The summed E-state index contributed by atoms with van der Waals surface area (Å²) in [5.41, 5.74) is 1.97. The summed E-state index contributed by atoms with van der Waals surface area (Å²) in [5.74, 6) is 0.264. The van der Waals surface area contributed by atoms with E-state index in [1.54, 1.807) is 12.3 Å². The lowest BCUT2D eigenvalue weighted by Gasteiger charge is -2.22. The van der Waals surface area contributed by atoms with Gasteiger partial charge in [0.25, 0.3) is 0 Å². The Hall–Kier alpha value is -2.63. The predicted octanol–water partition coefficient (Wildman–Crippen LogP) is 4.11. The van der Waals surface area contributed by atoms with Crippen LogP contribution in [0.25, 0.3) is 0 Å². The average molecular weight is 312 g/mol. The highest BCUT2D eigenvalue weighted by Gasteiger charge is 2.14. The van der Waals surface area contributed by atoms with Crippen molar-refractivity contribution in [2.24, 2.45) is 0 Å². The molecule has 120 valence electrons. The van der Waals surface area contributed by atoms with Crippen LogP contribution in [0.1, 0.15) is 25.7 Å². The molecule has 0 aliphatic carbocycles. The van der Waals surface area contributed by atoms with Crippen LogP contribution >= 0.6 is 0 Å². The molecule has 0 saturated carbocycles. The third kappa shape index (κ3) is 3.77. The Morgan fingerprint density at radius 2 is 1.74 bits per heavy atom. The number of aromatic nitrogens is 1. The number of nitro groups is 1. The summed E-state index contributed by atoms with van der Waals surface area (Å²) in [6.45, 7) is 2.19. The zero-order valence-electron chi connectivity index (χ0n) is 12.9. The minimum atomic E-state index is -0.430. The summed E-state index contributed by atoms with van der Waals surface area (Å²) in [4.78, 5) is 17.1. The van der Waals surface area contributed by atoms with Gasteiger partial charge in [0, 0.05) is 36.7 Å². The van der Waals surface area contributed by atoms with Gasteiger partial charge in [0.1, 0.15) is 0 Å². The van der Waals surface area contributed by atoms with Crippen molar-refractivity contribution in [1.82, 2.24) is 4.98 Å². The van der Waals surface area contributed by atoms with E-state index in [1.807, 2.05) is 12.1 Å². The molecule has 1 aliphatic rings. The summed E-state index contributed by atoms with van der Waals surface area (Å²) in [6, 6.07) is 11.0. The number of nitrogens with zero attached hydrogens (tertiary/aromatic N) is 3. The van der Waals surface area contributed by atoms with E-state index in [9.17, 15) is 10.1 Å². The van der Waals surface area contributed by atoms with Crippen molar-refractivity contribution in [2.45, 2.75) is 25.7 Å². The first kappa shape index (κ1) is 15.3. The van der Waals surface area contributed by atoms with Crippen LogP contribution < -0.4 is 10.2 Å². The second-order valence-electron chi connectivity index (χ2n) is 5.70. The van der Waals surface area contributed by atoms with Gasteiger partial charge in [-0.3, -0.25) is 10.1 Å². The minimum Gasteiger partial charge on any atom is -0.372 e. The maximum absolute atomic E-state index is 11.0. The largest absolute Gasteiger partial charge is 0.372 e. The fraction of sp³-hybridized carbons (Fsp3) is 0.353. The van der Waals surface area contributed by atoms with E-state index in [4.69, 9.17) is 0 Å². The fourth-order valence-corrected chi connectivity index (χ4v) is 2.86. The lowest BCUT2D eigenvalue weighted by atomic mass is 10.2. The molecule has 3 rings (SSSR count). The highest BCUT2D eigenvalue weighted by Crippen LogP contribution is 2.26. The molecule has 0 unspecified atom stereocenters. The first-order valence-electron chi connectivity index (χ1n) is 7.95. The summed E-state index contributed by atoms with van der Waals surface area (Å²) in [7, 11) is 0. The van der Waals surface area contributed by atoms with Crippen LogP contribution in [0.3, 0.4) is 0 Å². The molecule has 2 heterocycles. The van der Waals surface area contributed by atoms with Gasteiger partial charge in [-0.25, -0.2) is 4.98 Å². The van der Waals surface area contributed by atoms with Crippen LogP contribution in [0, 0.1) is 10.1 Å². The monoisotopic (exact) mass is 312 g/mol. The maximum atomic E-state index is 11.0. The van der Waals surface area contributed by atoms with E-state index in [0.717, 1.165) is 18.8 Å². The van der Waals surface area contributed by atoms with Gasteiger partial charge >= 0.3 is 5.69 Å². The van der Waals surface area contributed by atoms with E-state index in [1.165, 1.54) is 37.4 Å². The second kappa shape index (κ2) is 7.09. The van der Waals surface area contributed by atoms with Gasteiger partial charge in [-0.15, -0.1) is 0 Å². The molecule has 1 aromatic heterocycles. The summed E-state index contributed by atoms with van der Waals surface area (Å²) in [5, 5.41) is 14.0. The van der Waals surface area contributed by atoms with Gasteiger partial charge in [0.2, 0.25) is 5.82 Å². The number of rotatable bonds is 4. The molecule has 1 saturated heterocycles. The van der Waals surface area contributed by atoms with E-state index in [-0.39, 0.29) is 11.5 Å². The molecule has 1 aromatic carbocycles. The number of benzene rings is 1. The van der Waals surface area contributed by atoms with Crippen molar-refractivity contribution in [2.75, 3.05) is 23.3 Å². The molecule has 23 heavy (non-hydrogen) atoms. The van der Waals surface area contributed by atoms with Gasteiger partial charge in [-0.2, -0.15) is 0 Å². The van der Waals surface area contributed by atoms with E-state index >= 15 is 0 Å². The Kier molecular flexibility index (Phi) is 4.71. The number of pyridine rings is 1. The van der Waals surface area contributed by atoms with Gasteiger partial charge in [0.15, 0.2) is 0 Å². The van der Waals surface area contributed by atoms with Crippen molar-refractivity contribution in [3.8, 4) is 0 Å². The molecule has 0 atom stereocenters. The second-order valence-corrected chi connectivity index (χ2v) is 5.70. The van der Waals surface area contributed by atoms with E-state index in [0.29, 0.717) is 0 Å². The van der Waals surface area contributed by atoms with Crippen LogP contribution in [-0.4, -0.2) is 23.0 Å². The molecule has 2 aromatic rings. The van der Waals surface area contributed by atoms with E-state index < -0.39 is 4.92 Å². The molecule has 6 heteroatoms. The third-order valence-electron chi connectivity index (χ3n) is 4.08. The summed E-state index contributed by atoms with van der Waals surface area (Å²) >= 11 is 0. The van der Waals surface area contributed by atoms with Crippen molar-refractivity contribution in [1.29, 1.82) is 0 Å². The zero-order chi connectivity index (χ0) is 16.1. The molecule has 1 N–H and O–H groups in total. The number of nitrogens with one attached hydrogen (secondary N) is 1. The molecule has 0 spiro atoms. The standard InChI is InChI=1S/C17H20N4O2/c22-21(23)16-6-5-11-18-17(16)19-14-7-9-15(10-8-14)20-12-3-1-2-4-13-20/h5-11H,1-4,12-13H2,(H,18,19). The van der Waals surface area contributed by atoms with Gasteiger partial charge in [-0.1, -0.05) is 12.8 Å². The number of anilines is 3. The summed E-state index contributed by atoms with van der Waals surface area (Å²) in [6.07, 6.45) is 6.63. The Morgan fingerprint density at radius 1 is 1.04 bits per heavy atom. The SMILES string of the molecule is O=[N+]([O-])c1cccnc1Nc1ccc(N2CCCCCC2)cc1. The van der Waals surface area contributed by atoms with Gasteiger partial charge in [-0.05, 0) is 43.2 Å². The summed E-state index contributed by atoms with van der Waals surface area (Å²) < 4.78 is 0. The van der Waals surface area contributed by atoms with Crippen LogP contribution in [0.15, 0.2) is 42.6 Å². The van der Waals surface area contributed by atoms with Crippen LogP contribution in [-0.2, 0) is 0 Å². The highest BCUT2D eigenvalue weighted by molar-refractivity contribution is 5.66. The smallest absolute Gasteiger partial charge is 0.311 e. The Morgan fingerprint density at radius 3 is 2.39 bits per heavy atom. The van der Waals surface area contributed by atoms with Crippen LogP contribution in [0.2, 0.25) is 0 Å². The third-order valence-corrected chi connectivity index (χ3v) is 4.08. The first-order valence-corrected chi connectivity index (χ1v) is 7.95. The number of hydrogen-bond donors (Lipinski definition) is 1. The topological polar surface area (TPSA) is 71.3 Å². The van der Waals surface area contributed by atoms with Gasteiger partial charge < -0.3 is 10.2 Å². The lowest BCUT2D eigenvalue weighted by molar-refractivity contribution is -0.384. The van der Waals surface area contributed by atoms with Crippen molar-refractivity contribution in [3.63, 3.8) is 0 Å². The molecule has 0 radical (unpaired) electrons. The van der Waals surface area contributed by atoms with Crippen LogP contribution in [0.5, 0.6) is 0 Å². The highest BCUT2D eigenvalue weighted by atomic mass is 16.6. The molecular formula is C17H20N4O2. The molecule has 1 aliphatic heterocycles. The predicted molar refractivity (Wildman–Crippen MR) is 91.3 cm³/mol. The first-order chi connectivity index (χ1) is 11.2. The Balaban J connectivity index is 1.74. The average Bonchev–Trinajstić information content (AvgIpc) is 2.85. The molecular weight excluding hydrogens is 292 g/mol. The normalized spacial score (nSPS) is 15.0. The minimum absolute atomic E-state index is 0.0240. The zero-order valence-corrected chi connectivity index (χ0v) is 12.9. The number of hydrogen-bond acceptors (Lipinski definition) is 5. The molecule has 0 bridgehead atoms. The molecule has 0 amide bonds. The maximum Gasteiger partial charge on any atom is 0.311 e. The quantitative estimate of drug-likeness (QED) is 0.679. The van der Waals surface area contributed by atoms with Crippen molar-refractivity contribution in [3.05, 3.63) is 52.7 Å². The van der Waals surface area contributed by atoms with Crippen molar-refractivity contribution < 1.29 is 4.92 Å². The molecule has 6 nitrogen and oxygen atoms in total. The van der Waals surface area contributed by atoms with Crippen LogP contribution in [0.4, 0.5) is 22.9 Å². The Bertz CT molecular complexity index is 665. The Labute approximate surface area is 135 Å².